The van der Waals surface area contributed by atoms with Crippen LogP contribution in [0.2, 0.25) is 0 Å². The molecule has 404 valence electrons. The van der Waals surface area contributed by atoms with Crippen LogP contribution in [-0.2, 0) is 18.9 Å². The van der Waals surface area contributed by atoms with Gasteiger partial charge >= 0.3 is 17.9 Å². The fraction of sp³-hybridized carbons (Fsp3) is 0.750. The van der Waals surface area contributed by atoms with Crippen LogP contribution in [0, 0.1) is 47.3 Å². The first-order valence-electron chi connectivity index (χ1n) is 28.2. The summed E-state index contributed by atoms with van der Waals surface area (Å²) in [5.41, 5.74) is 1.99. The molecule has 0 radical (unpaired) electrons. The van der Waals surface area contributed by atoms with Crippen molar-refractivity contribution in [3.63, 3.8) is 0 Å². The van der Waals surface area contributed by atoms with Gasteiger partial charge in [-0.1, -0.05) is 129 Å². The molecule has 2 aromatic carbocycles. The van der Waals surface area contributed by atoms with E-state index >= 15 is 0 Å². The highest BCUT2D eigenvalue weighted by molar-refractivity contribution is 6.04. The molecule has 0 bridgehead atoms. The first-order valence-corrected chi connectivity index (χ1v) is 28.2. The van der Waals surface area contributed by atoms with Crippen LogP contribution in [0.25, 0.3) is 11.1 Å². The Balaban J connectivity index is 1.39. The van der Waals surface area contributed by atoms with Crippen LogP contribution in [0.5, 0.6) is 0 Å². The van der Waals surface area contributed by atoms with Gasteiger partial charge in [0.2, 0.25) is 0 Å². The van der Waals surface area contributed by atoms with E-state index in [1.807, 2.05) is 6.07 Å². The molecule has 4 aliphatic heterocycles. The van der Waals surface area contributed by atoms with E-state index in [9.17, 15) is 19.5 Å². The second-order valence-corrected chi connectivity index (χ2v) is 25.1. The summed E-state index contributed by atoms with van der Waals surface area (Å²) >= 11 is 0. The van der Waals surface area contributed by atoms with E-state index in [0.717, 1.165) is 12.8 Å². The average molecular weight is 1000 g/mol. The third kappa shape index (κ3) is 14.9. The molecule has 4 fully saturated rings. The molecular formula is C60H96N4O8. The van der Waals surface area contributed by atoms with Crippen molar-refractivity contribution >= 4 is 17.9 Å². The Morgan fingerprint density at radius 3 is 0.972 bits per heavy atom. The number of ether oxygens (including phenoxy) is 4. The van der Waals surface area contributed by atoms with Gasteiger partial charge in [0.1, 0.15) is 18.3 Å². The zero-order valence-corrected chi connectivity index (χ0v) is 47.1. The van der Waals surface area contributed by atoms with Gasteiger partial charge in [-0.05, 0) is 89.5 Å². The standard InChI is InChI=1S/C60H96N4O8/c1-31(2)49-23-41(24-50(61-49)32(3)4)69-57(65)45-19-17-39(21-47(45)59(67)71-43-27-53(35(9)10)63-54(28-43)36(11)12)40-18-20-46(58(66)70-42-25-51(33(5)6)62-52(26-42)34(7)8)48(22-40)60(68)72-44-29-55(37(13)14)64-56(30-44)38(15)16/h17-22,31-38,41-44,49-57,61-65H,23-30H2,1-16H3. The Labute approximate surface area is 434 Å². The molecule has 0 aliphatic carbocycles. The summed E-state index contributed by atoms with van der Waals surface area (Å²) in [4.78, 5) is 44.1. The van der Waals surface area contributed by atoms with Crippen LogP contribution in [0.15, 0.2) is 36.4 Å². The monoisotopic (exact) mass is 1000 g/mol. The zero-order chi connectivity index (χ0) is 52.9. The molecule has 6 rings (SSSR count). The van der Waals surface area contributed by atoms with E-state index in [2.05, 4.69) is 132 Å². The Kier molecular flexibility index (Phi) is 20.4. The van der Waals surface area contributed by atoms with Gasteiger partial charge in [-0.2, -0.15) is 0 Å². The maximum atomic E-state index is 14.8. The van der Waals surface area contributed by atoms with Gasteiger partial charge in [0, 0.05) is 92.4 Å². The number of nitrogens with one attached hydrogen (secondary N) is 4. The van der Waals surface area contributed by atoms with Crippen molar-refractivity contribution in [1.29, 1.82) is 0 Å². The van der Waals surface area contributed by atoms with Crippen LogP contribution >= 0.6 is 0 Å². The van der Waals surface area contributed by atoms with E-state index in [4.69, 9.17) is 18.9 Å². The van der Waals surface area contributed by atoms with Crippen LogP contribution < -0.4 is 21.3 Å². The molecule has 0 saturated carbocycles. The highest BCUT2D eigenvalue weighted by atomic mass is 16.6. The van der Waals surface area contributed by atoms with Crippen molar-refractivity contribution in [2.75, 3.05) is 0 Å². The van der Waals surface area contributed by atoms with E-state index < -0.39 is 24.2 Å². The molecule has 72 heavy (non-hydrogen) atoms. The fourth-order valence-corrected chi connectivity index (χ4v) is 11.5. The van der Waals surface area contributed by atoms with E-state index in [1.165, 1.54) is 0 Å². The minimum Gasteiger partial charge on any atom is -0.459 e. The summed E-state index contributed by atoms with van der Waals surface area (Å²) in [7, 11) is 0. The molecule has 2 aromatic rings. The molecule has 5 N–H and O–H groups in total. The van der Waals surface area contributed by atoms with Gasteiger partial charge in [-0.3, -0.25) is 0 Å². The second-order valence-electron chi connectivity index (χ2n) is 25.1. The quantitative estimate of drug-likeness (QED) is 0.0548. The maximum absolute atomic E-state index is 14.8. The summed E-state index contributed by atoms with van der Waals surface area (Å²) in [6.45, 7) is 35.0. The molecule has 4 heterocycles. The SMILES string of the molecule is CC(C)C1CC(OC(=O)c2ccc(-c3ccc(C(O)OC4CC(C(C)C)NC(C(C)C)C4)c(C(=O)OC4CC(C(C)C)NC(C(C)C)C4)c3)cc2C(=O)OC2CC(C(C)C)NC(C(C)C)C2)CC(C(C)C)N1. The number of carbonyl (C=O) groups excluding carboxylic acids is 3. The molecule has 0 aromatic heterocycles. The number of aliphatic hydroxyl groups is 1. The molecule has 12 heteroatoms. The summed E-state index contributed by atoms with van der Waals surface area (Å²) in [6, 6.07) is 12.0. The van der Waals surface area contributed by atoms with E-state index in [-0.39, 0.29) is 89.4 Å². The number of hydrogen-bond donors (Lipinski definition) is 5. The van der Waals surface area contributed by atoms with Crippen molar-refractivity contribution in [1.82, 2.24) is 21.3 Å². The largest absolute Gasteiger partial charge is 0.459 e. The van der Waals surface area contributed by atoms with Gasteiger partial charge in [0.05, 0.1) is 22.8 Å². The Morgan fingerprint density at radius 2 is 0.653 bits per heavy atom. The number of rotatable bonds is 18. The van der Waals surface area contributed by atoms with Gasteiger partial charge in [0.25, 0.3) is 0 Å². The number of aliphatic hydroxyl groups excluding tert-OH is 1. The summed E-state index contributed by atoms with van der Waals surface area (Å²) < 4.78 is 25.8. The van der Waals surface area contributed by atoms with Gasteiger partial charge in [0.15, 0.2) is 6.29 Å². The van der Waals surface area contributed by atoms with Crippen molar-refractivity contribution in [2.45, 2.75) is 241 Å². The topological polar surface area (TPSA) is 156 Å². The third-order valence-corrected chi connectivity index (χ3v) is 16.8. The maximum Gasteiger partial charge on any atom is 0.339 e. The van der Waals surface area contributed by atoms with E-state index in [1.54, 1.807) is 30.3 Å². The lowest BCUT2D eigenvalue weighted by atomic mass is 9.85. The Morgan fingerprint density at radius 1 is 0.389 bits per heavy atom. The lowest BCUT2D eigenvalue weighted by Crippen LogP contribution is -2.52. The molecule has 9 atom stereocenters. The molecule has 4 saturated heterocycles. The highest BCUT2D eigenvalue weighted by Gasteiger charge is 2.39. The lowest BCUT2D eigenvalue weighted by molar-refractivity contribution is -0.155. The Bertz CT molecular complexity index is 2040. The smallest absolute Gasteiger partial charge is 0.339 e. The second kappa shape index (κ2) is 25.4. The predicted molar refractivity (Wildman–Crippen MR) is 288 cm³/mol. The van der Waals surface area contributed by atoms with Crippen molar-refractivity contribution in [2.24, 2.45) is 47.3 Å². The third-order valence-electron chi connectivity index (χ3n) is 16.8. The highest BCUT2D eigenvalue weighted by Crippen LogP contribution is 2.36. The van der Waals surface area contributed by atoms with Crippen molar-refractivity contribution in [3.8, 4) is 11.1 Å². The van der Waals surface area contributed by atoms with Crippen LogP contribution in [0.1, 0.15) is 205 Å². The molecule has 0 spiro atoms. The molecular weight excluding hydrogens is 905 g/mol. The summed E-state index contributed by atoms with van der Waals surface area (Å²) in [6.07, 6.45) is 2.81. The molecule has 0 amide bonds. The molecule has 9 unspecified atom stereocenters. The molecule has 4 aliphatic rings. The first kappa shape index (κ1) is 57.9. The van der Waals surface area contributed by atoms with Gasteiger partial charge in [-0.15, -0.1) is 0 Å². The minimum absolute atomic E-state index is 0.115. The zero-order valence-electron chi connectivity index (χ0n) is 47.1. The lowest BCUT2D eigenvalue weighted by Gasteiger charge is -2.40. The number of esters is 3. The fourth-order valence-electron chi connectivity index (χ4n) is 11.5. The molecule has 12 nitrogen and oxygen atoms in total. The van der Waals surface area contributed by atoms with Crippen LogP contribution in [-0.4, -0.2) is 95.8 Å². The number of hydrogen-bond acceptors (Lipinski definition) is 12. The Hall–Kier alpha value is -3.39. The van der Waals surface area contributed by atoms with Crippen molar-refractivity contribution in [3.05, 3.63) is 58.7 Å². The van der Waals surface area contributed by atoms with E-state index in [0.29, 0.717) is 103 Å². The van der Waals surface area contributed by atoms with Crippen LogP contribution in [0.4, 0.5) is 0 Å². The number of benzene rings is 2. The number of piperidine rings is 4. The van der Waals surface area contributed by atoms with Crippen molar-refractivity contribution < 1.29 is 38.4 Å². The summed E-state index contributed by atoms with van der Waals surface area (Å²) in [5.74, 6) is 1.11. The normalized spacial score (nSPS) is 30.0. The number of carbonyl (C=O) groups is 3. The average Bonchev–Trinajstić information content (AvgIpc) is 3.32. The minimum atomic E-state index is -1.40. The van der Waals surface area contributed by atoms with Gasteiger partial charge < -0.3 is 45.3 Å². The first-order chi connectivity index (χ1) is 33.9. The van der Waals surface area contributed by atoms with Crippen LogP contribution in [0.3, 0.4) is 0 Å². The predicted octanol–water partition coefficient (Wildman–Crippen LogP) is 11.0. The van der Waals surface area contributed by atoms with Gasteiger partial charge in [-0.25, -0.2) is 14.4 Å². The summed E-state index contributed by atoms with van der Waals surface area (Å²) in [5, 5.41) is 27.2.